The molecule has 6 nitrogen and oxygen atoms in total. The number of hydrogen-bond acceptors (Lipinski definition) is 6. The molecule has 20 heavy (non-hydrogen) atoms. The van der Waals surface area contributed by atoms with Crippen LogP contribution >= 0.6 is 23.1 Å². The molecule has 2 rings (SSSR count). The maximum Gasteiger partial charge on any atom is 0.345 e. The van der Waals surface area contributed by atoms with Crippen LogP contribution in [0.3, 0.4) is 0 Å². The lowest BCUT2D eigenvalue weighted by atomic mass is 10.4. The molecule has 0 aliphatic carbocycles. The molecule has 104 valence electrons. The highest BCUT2D eigenvalue weighted by Crippen LogP contribution is 2.29. The summed E-state index contributed by atoms with van der Waals surface area (Å²) in [5.41, 5.74) is 0.257. The number of nitrogens with one attached hydrogen (secondary N) is 1. The van der Waals surface area contributed by atoms with Gasteiger partial charge in [0.25, 0.3) is 5.91 Å². The van der Waals surface area contributed by atoms with Crippen LogP contribution in [0.15, 0.2) is 33.5 Å². The zero-order chi connectivity index (χ0) is 14.5. The van der Waals surface area contributed by atoms with Crippen LogP contribution in [0, 0.1) is 0 Å². The van der Waals surface area contributed by atoms with E-state index in [2.05, 4.69) is 15.5 Å². The standard InChI is InChI=1S/C12H11N3O3S2/c1-2-13-11(16)8-3-4-10(15-14-8)20-7-5-9(12(17)18)19-6-7/h3-6H,2H2,1H3,(H,13,16)(H,17,18). The van der Waals surface area contributed by atoms with E-state index in [1.165, 1.54) is 11.8 Å². The predicted octanol–water partition coefficient (Wildman–Crippen LogP) is 2.14. The average Bonchev–Trinajstić information content (AvgIpc) is 2.88. The number of rotatable bonds is 5. The fourth-order valence-corrected chi connectivity index (χ4v) is 3.01. The molecule has 0 unspecified atom stereocenters. The third-order valence-electron chi connectivity index (χ3n) is 2.22. The van der Waals surface area contributed by atoms with Crippen molar-refractivity contribution in [2.45, 2.75) is 16.8 Å². The van der Waals surface area contributed by atoms with Gasteiger partial charge in [0.1, 0.15) is 9.90 Å². The quantitative estimate of drug-likeness (QED) is 0.879. The number of aromatic carboxylic acids is 1. The molecule has 2 N–H and O–H groups in total. The number of amides is 1. The summed E-state index contributed by atoms with van der Waals surface area (Å²) in [4.78, 5) is 23.3. The number of nitrogens with zero attached hydrogens (tertiary/aromatic N) is 2. The Balaban J connectivity index is 2.06. The van der Waals surface area contributed by atoms with Gasteiger partial charge in [0, 0.05) is 16.8 Å². The number of carbonyl (C=O) groups is 2. The van der Waals surface area contributed by atoms with Crippen molar-refractivity contribution in [3.8, 4) is 0 Å². The van der Waals surface area contributed by atoms with Gasteiger partial charge in [-0.3, -0.25) is 4.79 Å². The Morgan fingerprint density at radius 1 is 1.40 bits per heavy atom. The van der Waals surface area contributed by atoms with Crippen molar-refractivity contribution < 1.29 is 14.7 Å². The minimum Gasteiger partial charge on any atom is -0.477 e. The fourth-order valence-electron chi connectivity index (χ4n) is 1.35. The van der Waals surface area contributed by atoms with Crippen molar-refractivity contribution >= 4 is 35.0 Å². The van der Waals surface area contributed by atoms with Crippen LogP contribution in [-0.4, -0.2) is 33.7 Å². The van der Waals surface area contributed by atoms with Gasteiger partial charge in [0.2, 0.25) is 0 Å². The topological polar surface area (TPSA) is 92.2 Å². The normalized spacial score (nSPS) is 10.2. The van der Waals surface area contributed by atoms with Gasteiger partial charge < -0.3 is 10.4 Å². The number of thiophene rings is 1. The van der Waals surface area contributed by atoms with Gasteiger partial charge in [-0.05, 0) is 25.1 Å². The Labute approximate surface area is 123 Å². The molecule has 0 aliphatic rings. The smallest absolute Gasteiger partial charge is 0.345 e. The van der Waals surface area contributed by atoms with E-state index in [1.807, 2.05) is 6.92 Å². The van der Waals surface area contributed by atoms with E-state index >= 15 is 0 Å². The molecule has 0 aliphatic heterocycles. The monoisotopic (exact) mass is 309 g/mol. The maximum atomic E-state index is 11.5. The van der Waals surface area contributed by atoms with E-state index in [-0.39, 0.29) is 16.5 Å². The third kappa shape index (κ3) is 3.55. The minimum absolute atomic E-state index is 0.257. The summed E-state index contributed by atoms with van der Waals surface area (Å²) in [7, 11) is 0. The Bertz CT molecular complexity index is 625. The Morgan fingerprint density at radius 3 is 2.75 bits per heavy atom. The van der Waals surface area contributed by atoms with Gasteiger partial charge in [0.05, 0.1) is 0 Å². The minimum atomic E-state index is -0.945. The van der Waals surface area contributed by atoms with Crippen LogP contribution in [-0.2, 0) is 0 Å². The number of carbonyl (C=O) groups excluding carboxylic acids is 1. The van der Waals surface area contributed by atoms with Crippen LogP contribution < -0.4 is 5.32 Å². The molecule has 0 fully saturated rings. The molecule has 0 saturated heterocycles. The van der Waals surface area contributed by atoms with E-state index in [9.17, 15) is 9.59 Å². The fraction of sp³-hybridized carbons (Fsp3) is 0.167. The van der Waals surface area contributed by atoms with Gasteiger partial charge in [-0.1, -0.05) is 11.8 Å². The molecule has 0 aromatic carbocycles. The SMILES string of the molecule is CCNC(=O)c1ccc(Sc2csc(C(=O)O)c2)nn1. The summed E-state index contributed by atoms with van der Waals surface area (Å²) in [6.45, 7) is 2.36. The Hall–Kier alpha value is -1.93. The molecule has 8 heteroatoms. The lowest BCUT2D eigenvalue weighted by Crippen LogP contribution is -2.23. The molecule has 0 bridgehead atoms. The molecular formula is C12H11N3O3S2. The van der Waals surface area contributed by atoms with Gasteiger partial charge in [0.15, 0.2) is 5.69 Å². The zero-order valence-electron chi connectivity index (χ0n) is 10.5. The van der Waals surface area contributed by atoms with E-state index in [4.69, 9.17) is 5.11 Å². The van der Waals surface area contributed by atoms with Crippen molar-refractivity contribution in [1.82, 2.24) is 15.5 Å². The van der Waals surface area contributed by atoms with Crippen molar-refractivity contribution in [3.05, 3.63) is 34.2 Å². The molecule has 0 radical (unpaired) electrons. The molecule has 2 heterocycles. The first-order chi connectivity index (χ1) is 9.60. The molecule has 0 atom stereocenters. The van der Waals surface area contributed by atoms with Crippen LogP contribution in [0.4, 0.5) is 0 Å². The van der Waals surface area contributed by atoms with Crippen LogP contribution in [0.1, 0.15) is 27.1 Å². The molecule has 1 amide bonds. The second-order valence-electron chi connectivity index (χ2n) is 3.67. The summed E-state index contributed by atoms with van der Waals surface area (Å²) in [6.07, 6.45) is 0. The number of hydrogen-bond donors (Lipinski definition) is 2. The van der Waals surface area contributed by atoms with Gasteiger partial charge in [-0.15, -0.1) is 21.5 Å². The molecular weight excluding hydrogens is 298 g/mol. The highest BCUT2D eigenvalue weighted by Gasteiger charge is 2.10. The number of carboxylic acids is 1. The molecule has 0 spiro atoms. The Morgan fingerprint density at radius 2 is 2.20 bits per heavy atom. The third-order valence-corrected chi connectivity index (χ3v) is 4.18. The van der Waals surface area contributed by atoms with Crippen LogP contribution in [0.25, 0.3) is 0 Å². The Kier molecular flexibility index (Phi) is 4.70. The molecule has 2 aromatic rings. The van der Waals surface area contributed by atoms with E-state index < -0.39 is 5.97 Å². The largest absolute Gasteiger partial charge is 0.477 e. The van der Waals surface area contributed by atoms with Gasteiger partial charge in [-0.25, -0.2) is 4.79 Å². The van der Waals surface area contributed by atoms with E-state index in [0.717, 1.165) is 16.2 Å². The number of aromatic nitrogens is 2. The lowest BCUT2D eigenvalue weighted by molar-refractivity contribution is 0.0701. The molecule has 0 saturated carbocycles. The summed E-state index contributed by atoms with van der Waals surface area (Å²) < 4.78 is 0. The number of carboxylic acid groups (broad SMARTS) is 1. The van der Waals surface area contributed by atoms with Crippen molar-refractivity contribution in [2.24, 2.45) is 0 Å². The van der Waals surface area contributed by atoms with Crippen molar-refractivity contribution in [3.63, 3.8) is 0 Å². The average molecular weight is 309 g/mol. The maximum absolute atomic E-state index is 11.5. The summed E-state index contributed by atoms with van der Waals surface area (Å²) in [5, 5.41) is 21.6. The van der Waals surface area contributed by atoms with E-state index in [1.54, 1.807) is 23.6 Å². The highest BCUT2D eigenvalue weighted by molar-refractivity contribution is 7.99. The van der Waals surface area contributed by atoms with Crippen LogP contribution in [0.2, 0.25) is 0 Å². The predicted molar refractivity (Wildman–Crippen MR) is 75.4 cm³/mol. The van der Waals surface area contributed by atoms with E-state index in [0.29, 0.717) is 11.6 Å². The second-order valence-corrected chi connectivity index (χ2v) is 5.68. The highest BCUT2D eigenvalue weighted by atomic mass is 32.2. The van der Waals surface area contributed by atoms with Crippen molar-refractivity contribution in [2.75, 3.05) is 6.54 Å². The zero-order valence-corrected chi connectivity index (χ0v) is 12.1. The first-order valence-electron chi connectivity index (χ1n) is 5.71. The first kappa shape index (κ1) is 14.5. The second kappa shape index (κ2) is 6.49. The van der Waals surface area contributed by atoms with Gasteiger partial charge >= 0.3 is 5.97 Å². The summed E-state index contributed by atoms with van der Waals surface area (Å²) >= 11 is 2.46. The van der Waals surface area contributed by atoms with Gasteiger partial charge in [-0.2, -0.15) is 0 Å². The van der Waals surface area contributed by atoms with Crippen LogP contribution in [0.5, 0.6) is 0 Å². The summed E-state index contributed by atoms with van der Waals surface area (Å²) in [6, 6.07) is 4.85. The first-order valence-corrected chi connectivity index (χ1v) is 7.41. The van der Waals surface area contributed by atoms with Crippen molar-refractivity contribution in [1.29, 1.82) is 0 Å². The lowest BCUT2D eigenvalue weighted by Gasteiger charge is -2.01. The summed E-state index contributed by atoms with van der Waals surface area (Å²) in [5.74, 6) is -1.21. The molecule has 2 aromatic heterocycles.